The molecule has 3 heterocycles. The number of alkyl carbamates (subject to hydrolysis) is 1. The van der Waals surface area contributed by atoms with Crippen LogP contribution in [0, 0.1) is 29.0 Å². The van der Waals surface area contributed by atoms with Crippen molar-refractivity contribution in [1.29, 1.82) is 5.26 Å². The van der Waals surface area contributed by atoms with Gasteiger partial charge in [0.05, 0.1) is 18.2 Å². The zero-order valence-electron chi connectivity index (χ0n) is 24.1. The maximum atomic E-state index is 14.0. The highest BCUT2D eigenvalue weighted by Gasteiger charge is 2.57. The summed E-state index contributed by atoms with van der Waals surface area (Å²) >= 11 is 0. The number of ether oxygens (including phenoxy) is 1. The summed E-state index contributed by atoms with van der Waals surface area (Å²) < 4.78 is 19.2. The maximum absolute atomic E-state index is 14.0. The number of rotatable bonds is 7. The molecule has 1 aromatic rings. The quantitative estimate of drug-likeness (QED) is 0.540. The molecule has 3 aliphatic heterocycles. The monoisotopic (exact) mass is 565 g/mol. The first-order chi connectivity index (χ1) is 19.5. The summed E-state index contributed by atoms with van der Waals surface area (Å²) in [4.78, 5) is 46.3. The second-order valence-corrected chi connectivity index (χ2v) is 13.5. The van der Waals surface area contributed by atoms with Crippen molar-refractivity contribution >= 4 is 17.9 Å². The van der Waals surface area contributed by atoms with E-state index in [4.69, 9.17) is 4.74 Å². The van der Waals surface area contributed by atoms with Crippen LogP contribution in [0.2, 0.25) is 0 Å². The molecular weight excluding hydrogens is 525 g/mol. The van der Waals surface area contributed by atoms with E-state index in [1.54, 1.807) is 25.7 Å². The first kappa shape index (κ1) is 28.0. The Labute approximate surface area is 241 Å². The van der Waals surface area contributed by atoms with Gasteiger partial charge in [-0.05, 0) is 82.4 Å². The normalized spacial score (nSPS) is 30.7. The highest BCUT2D eigenvalue weighted by Crippen LogP contribution is 2.48. The molecule has 2 bridgehead atoms. The van der Waals surface area contributed by atoms with Gasteiger partial charge >= 0.3 is 6.09 Å². The third-order valence-electron chi connectivity index (χ3n) is 9.59. The number of carbonyl (C=O) groups is 3. The van der Waals surface area contributed by atoms with Crippen LogP contribution in [0.3, 0.4) is 0 Å². The second kappa shape index (κ2) is 10.6. The van der Waals surface area contributed by atoms with Gasteiger partial charge in [0.2, 0.25) is 11.8 Å². The van der Waals surface area contributed by atoms with E-state index in [9.17, 15) is 24.0 Å². The zero-order valence-corrected chi connectivity index (χ0v) is 24.1. The average Bonchev–Trinajstić information content (AvgIpc) is 3.34. The SMILES string of the molecule is CC(C)(C)OC(=O)NC(CN1C[C@@H]2CC1C(=O)N2[C@H](c1ccc(F)cc1)C1CCCC1)C(=O)N1C(C#N)C[C@@H]2C[C@@H]21. The number of likely N-dealkylation sites (tertiary alicyclic amines) is 3. The van der Waals surface area contributed by atoms with E-state index in [0.29, 0.717) is 31.2 Å². The average molecular weight is 566 g/mol. The maximum Gasteiger partial charge on any atom is 0.408 e. The van der Waals surface area contributed by atoms with Crippen LogP contribution in [0.4, 0.5) is 9.18 Å². The van der Waals surface area contributed by atoms with E-state index in [1.165, 1.54) is 12.1 Å². The topological polar surface area (TPSA) is 106 Å². The van der Waals surface area contributed by atoms with E-state index in [-0.39, 0.29) is 48.3 Å². The van der Waals surface area contributed by atoms with E-state index in [1.807, 2.05) is 21.9 Å². The van der Waals surface area contributed by atoms with Gasteiger partial charge in [-0.1, -0.05) is 25.0 Å². The number of nitrogens with one attached hydrogen (secondary N) is 1. The van der Waals surface area contributed by atoms with Gasteiger partial charge in [0, 0.05) is 25.2 Å². The third-order valence-corrected chi connectivity index (χ3v) is 9.59. The number of piperazine rings is 1. The van der Waals surface area contributed by atoms with E-state index in [2.05, 4.69) is 11.4 Å². The first-order valence-corrected chi connectivity index (χ1v) is 15.1. The summed E-state index contributed by atoms with van der Waals surface area (Å²) in [7, 11) is 0. The lowest BCUT2D eigenvalue weighted by Crippen LogP contribution is -2.59. The van der Waals surface area contributed by atoms with Gasteiger partial charge in [-0.2, -0.15) is 5.26 Å². The second-order valence-electron chi connectivity index (χ2n) is 13.5. The van der Waals surface area contributed by atoms with E-state index >= 15 is 0 Å². The molecule has 0 spiro atoms. The number of nitrogens with zero attached hydrogens (tertiary/aromatic N) is 4. The first-order valence-electron chi connectivity index (χ1n) is 15.1. The highest BCUT2D eigenvalue weighted by atomic mass is 19.1. The number of benzene rings is 1. The summed E-state index contributed by atoms with van der Waals surface area (Å²) in [6.07, 6.45) is 5.87. The number of hydrogen-bond donors (Lipinski definition) is 1. The van der Waals surface area contributed by atoms with Crippen LogP contribution in [0.1, 0.15) is 77.3 Å². The predicted molar refractivity (Wildman–Crippen MR) is 148 cm³/mol. The molecule has 3 unspecified atom stereocenters. The molecule has 3 amide bonds. The Balaban J connectivity index is 1.21. The van der Waals surface area contributed by atoms with Gasteiger partial charge in [0.15, 0.2) is 0 Å². The van der Waals surface area contributed by atoms with Crippen LogP contribution in [0.25, 0.3) is 0 Å². The fourth-order valence-corrected chi connectivity index (χ4v) is 7.79. The van der Waals surface area contributed by atoms with E-state index < -0.39 is 23.8 Å². The molecule has 3 saturated heterocycles. The molecule has 220 valence electrons. The number of hydrogen-bond acceptors (Lipinski definition) is 6. The molecule has 0 radical (unpaired) electrons. The minimum atomic E-state index is -0.927. The predicted octanol–water partition coefficient (Wildman–Crippen LogP) is 3.75. The fourth-order valence-electron chi connectivity index (χ4n) is 7.79. The van der Waals surface area contributed by atoms with Gasteiger partial charge in [0.25, 0.3) is 0 Å². The minimum absolute atomic E-state index is 0.0214. The lowest BCUT2D eigenvalue weighted by atomic mass is 9.89. The van der Waals surface area contributed by atoms with Crippen molar-refractivity contribution in [3.63, 3.8) is 0 Å². The standard InChI is InChI=1S/C31H40FN5O4/c1-31(2,3)41-30(40)34-24(28(38)36-22(15-33)12-20-13-25(20)36)17-35-16-23-14-26(35)29(39)37(23)27(18-6-4-5-7-18)19-8-10-21(32)11-9-19/h8-11,18,20,22-27H,4-7,12-14,16-17H2,1-3H3,(H,34,40)/t20-,22?,23+,24?,25+,26?,27+/m1/s1. The summed E-state index contributed by atoms with van der Waals surface area (Å²) in [6.45, 7) is 6.06. The summed E-state index contributed by atoms with van der Waals surface area (Å²) in [6, 6.07) is 6.93. The van der Waals surface area contributed by atoms with E-state index in [0.717, 1.165) is 37.7 Å². The van der Waals surface area contributed by atoms with Crippen molar-refractivity contribution in [2.24, 2.45) is 11.8 Å². The molecule has 5 aliphatic rings. The Kier molecular flexibility index (Phi) is 7.21. The van der Waals surface area contributed by atoms with Gasteiger partial charge in [-0.25, -0.2) is 9.18 Å². The molecule has 10 heteroatoms. The number of piperidine rings is 1. The van der Waals surface area contributed by atoms with Crippen molar-refractivity contribution in [2.45, 2.75) is 108 Å². The molecule has 1 N–H and O–H groups in total. The lowest BCUT2D eigenvalue weighted by molar-refractivity contribution is -0.143. The molecule has 7 atom stereocenters. The van der Waals surface area contributed by atoms with Crippen molar-refractivity contribution in [1.82, 2.24) is 20.0 Å². The van der Waals surface area contributed by atoms with Gasteiger partial charge in [0.1, 0.15) is 23.5 Å². The van der Waals surface area contributed by atoms with Crippen molar-refractivity contribution < 1.29 is 23.5 Å². The number of carbonyl (C=O) groups excluding carboxylic acids is 3. The molecule has 2 saturated carbocycles. The smallest absolute Gasteiger partial charge is 0.408 e. The third kappa shape index (κ3) is 5.41. The van der Waals surface area contributed by atoms with Gasteiger partial charge in [-0.15, -0.1) is 0 Å². The molecule has 2 aliphatic carbocycles. The number of amides is 3. The fraction of sp³-hybridized carbons (Fsp3) is 0.677. The van der Waals surface area contributed by atoms with Crippen molar-refractivity contribution in [3.8, 4) is 6.07 Å². The molecule has 9 nitrogen and oxygen atoms in total. The summed E-state index contributed by atoms with van der Waals surface area (Å²) in [5, 5.41) is 12.5. The Morgan fingerprint density at radius 3 is 2.49 bits per heavy atom. The number of fused-ring (bicyclic) bond motifs is 3. The molecule has 41 heavy (non-hydrogen) atoms. The molecule has 1 aromatic carbocycles. The summed E-state index contributed by atoms with van der Waals surface area (Å²) in [5.74, 6) is 0.147. The number of nitriles is 1. The summed E-state index contributed by atoms with van der Waals surface area (Å²) in [5.41, 5.74) is 0.238. The Morgan fingerprint density at radius 2 is 1.85 bits per heavy atom. The molecule has 5 fully saturated rings. The largest absolute Gasteiger partial charge is 0.444 e. The molecule has 6 rings (SSSR count). The lowest BCUT2D eigenvalue weighted by Gasteiger charge is -2.42. The van der Waals surface area contributed by atoms with Crippen LogP contribution >= 0.6 is 0 Å². The number of halogens is 1. The van der Waals surface area contributed by atoms with Crippen LogP contribution in [0.5, 0.6) is 0 Å². The zero-order chi connectivity index (χ0) is 29.1. The highest BCUT2D eigenvalue weighted by molar-refractivity contribution is 5.89. The Morgan fingerprint density at radius 1 is 1.15 bits per heavy atom. The van der Waals surface area contributed by atoms with Crippen LogP contribution in [-0.4, -0.2) is 81.5 Å². The Bertz CT molecular complexity index is 1240. The van der Waals surface area contributed by atoms with Crippen LogP contribution in [-0.2, 0) is 14.3 Å². The van der Waals surface area contributed by atoms with Crippen LogP contribution in [0.15, 0.2) is 24.3 Å². The van der Waals surface area contributed by atoms with Crippen LogP contribution < -0.4 is 5.32 Å². The van der Waals surface area contributed by atoms with Crippen molar-refractivity contribution in [3.05, 3.63) is 35.6 Å². The molecule has 0 aromatic heterocycles. The van der Waals surface area contributed by atoms with Gasteiger partial charge < -0.3 is 19.9 Å². The Hall–Kier alpha value is -3.19. The van der Waals surface area contributed by atoms with Gasteiger partial charge in [-0.3, -0.25) is 14.5 Å². The molecular formula is C31H40FN5O4. The minimum Gasteiger partial charge on any atom is -0.444 e. The van der Waals surface area contributed by atoms with Crippen molar-refractivity contribution in [2.75, 3.05) is 13.1 Å².